The third kappa shape index (κ3) is 5.28. The molecule has 1 aliphatic carbocycles. The predicted octanol–water partition coefficient (Wildman–Crippen LogP) is 7.47. The van der Waals surface area contributed by atoms with E-state index in [4.69, 9.17) is 4.43 Å². The molecule has 0 aliphatic heterocycles. The van der Waals surface area contributed by atoms with Crippen molar-refractivity contribution in [3.8, 4) is 11.3 Å². The number of ketones is 1. The number of para-hydroxylation sites is 1. The SMILES string of the molecule is CC1(C)CC(=O)c2c(Nc3ccccc3)c(-c3ccncc3)n(CCO[Si](C)(C)C(C)(C)C)c2C1. The molecule has 0 amide bonds. The lowest BCUT2D eigenvalue weighted by Crippen LogP contribution is -2.41. The second kappa shape index (κ2) is 9.39. The zero-order valence-electron chi connectivity index (χ0n) is 22.2. The summed E-state index contributed by atoms with van der Waals surface area (Å²) in [6.45, 7) is 17.1. The number of anilines is 2. The predicted molar refractivity (Wildman–Crippen MR) is 147 cm³/mol. The van der Waals surface area contributed by atoms with Gasteiger partial charge < -0.3 is 14.3 Å². The summed E-state index contributed by atoms with van der Waals surface area (Å²) in [5.41, 5.74) is 5.79. The molecule has 0 saturated heterocycles. The smallest absolute Gasteiger partial charge is 0.192 e. The first-order valence-corrected chi connectivity index (χ1v) is 15.5. The molecule has 2 aromatic heterocycles. The third-order valence-corrected chi connectivity index (χ3v) is 12.1. The van der Waals surface area contributed by atoms with Gasteiger partial charge in [-0.3, -0.25) is 9.78 Å². The van der Waals surface area contributed by atoms with Crippen LogP contribution in [0.15, 0.2) is 54.9 Å². The molecule has 0 fully saturated rings. The van der Waals surface area contributed by atoms with Crippen molar-refractivity contribution in [3.63, 3.8) is 0 Å². The van der Waals surface area contributed by atoms with Gasteiger partial charge in [-0.1, -0.05) is 52.8 Å². The Labute approximate surface area is 211 Å². The van der Waals surface area contributed by atoms with Gasteiger partial charge in [-0.15, -0.1) is 0 Å². The van der Waals surface area contributed by atoms with Crippen molar-refractivity contribution >= 4 is 25.5 Å². The quantitative estimate of drug-likeness (QED) is 0.350. The van der Waals surface area contributed by atoms with Crippen LogP contribution >= 0.6 is 0 Å². The lowest BCUT2D eigenvalue weighted by molar-refractivity contribution is 0.0910. The average Bonchev–Trinajstić information content (AvgIpc) is 3.06. The number of carbonyl (C=O) groups is 1. The molecule has 5 nitrogen and oxygen atoms in total. The molecule has 0 radical (unpaired) electrons. The first-order valence-electron chi connectivity index (χ1n) is 12.5. The van der Waals surface area contributed by atoms with Crippen molar-refractivity contribution < 1.29 is 9.22 Å². The average molecular weight is 490 g/mol. The van der Waals surface area contributed by atoms with Crippen LogP contribution in [0, 0.1) is 5.41 Å². The summed E-state index contributed by atoms with van der Waals surface area (Å²) in [5.74, 6) is 0.203. The van der Waals surface area contributed by atoms with E-state index in [9.17, 15) is 4.79 Å². The summed E-state index contributed by atoms with van der Waals surface area (Å²) in [5, 5.41) is 3.76. The van der Waals surface area contributed by atoms with Crippen LogP contribution in [0.3, 0.4) is 0 Å². The minimum Gasteiger partial charge on any atom is -0.415 e. The molecule has 6 heteroatoms. The van der Waals surface area contributed by atoms with Gasteiger partial charge in [0, 0.05) is 42.3 Å². The van der Waals surface area contributed by atoms with Crippen molar-refractivity contribution in [2.75, 3.05) is 11.9 Å². The van der Waals surface area contributed by atoms with Gasteiger partial charge >= 0.3 is 0 Å². The first-order chi connectivity index (χ1) is 16.4. The highest BCUT2D eigenvalue weighted by atomic mass is 28.4. The zero-order valence-corrected chi connectivity index (χ0v) is 23.2. The van der Waals surface area contributed by atoms with Crippen LogP contribution in [0.5, 0.6) is 0 Å². The van der Waals surface area contributed by atoms with Crippen LogP contribution in [0.1, 0.15) is 57.1 Å². The fourth-order valence-corrected chi connectivity index (χ4v) is 5.68. The Morgan fingerprint density at radius 1 is 1.06 bits per heavy atom. The van der Waals surface area contributed by atoms with Crippen LogP contribution in [0.2, 0.25) is 18.1 Å². The molecule has 1 aromatic carbocycles. The highest BCUT2D eigenvalue weighted by Crippen LogP contribution is 2.45. The molecule has 0 unspecified atom stereocenters. The molecule has 186 valence electrons. The number of Topliss-reactive ketones (excluding diaryl/α,β-unsaturated/α-hetero) is 1. The lowest BCUT2D eigenvalue weighted by atomic mass is 9.76. The number of pyridine rings is 1. The highest BCUT2D eigenvalue weighted by molar-refractivity contribution is 6.74. The van der Waals surface area contributed by atoms with Gasteiger partial charge in [0.25, 0.3) is 0 Å². The van der Waals surface area contributed by atoms with Crippen molar-refractivity contribution in [3.05, 3.63) is 66.1 Å². The number of aromatic nitrogens is 2. The molecule has 35 heavy (non-hydrogen) atoms. The van der Waals surface area contributed by atoms with Crippen LogP contribution in [0.4, 0.5) is 11.4 Å². The Bertz CT molecular complexity index is 1190. The standard InChI is InChI=1S/C29H39N3O2Si/c1-28(2,3)35(6,7)34-18-17-32-23-19-29(4,5)20-24(33)25(23)26(31-22-11-9-8-10-12-22)27(32)21-13-15-30-16-14-21/h8-16,31H,17-20H2,1-7H3. The fraction of sp³-hybridized carbons (Fsp3) is 0.448. The summed E-state index contributed by atoms with van der Waals surface area (Å²) in [6, 6.07) is 14.2. The van der Waals surface area contributed by atoms with E-state index in [1.54, 1.807) is 0 Å². The summed E-state index contributed by atoms with van der Waals surface area (Å²) < 4.78 is 8.92. The van der Waals surface area contributed by atoms with Gasteiger partial charge in [0.15, 0.2) is 14.1 Å². The molecule has 0 bridgehead atoms. The molecule has 0 spiro atoms. The van der Waals surface area contributed by atoms with Gasteiger partial charge in [-0.25, -0.2) is 0 Å². The maximum atomic E-state index is 13.6. The molecule has 1 aliphatic rings. The third-order valence-electron chi connectivity index (χ3n) is 7.52. The number of nitrogens with zero attached hydrogens (tertiary/aromatic N) is 2. The normalized spacial score (nSPS) is 15.7. The maximum Gasteiger partial charge on any atom is 0.192 e. The van der Waals surface area contributed by atoms with E-state index in [1.165, 1.54) is 0 Å². The summed E-state index contributed by atoms with van der Waals surface area (Å²) in [7, 11) is -1.89. The van der Waals surface area contributed by atoms with Gasteiger partial charge in [-0.2, -0.15) is 0 Å². The molecular formula is C29H39N3O2Si. The minimum atomic E-state index is -1.89. The number of benzene rings is 1. The maximum absolute atomic E-state index is 13.6. The summed E-state index contributed by atoms with van der Waals surface area (Å²) >= 11 is 0. The second-order valence-corrected chi connectivity index (χ2v) is 16.8. The van der Waals surface area contributed by atoms with E-state index in [1.807, 2.05) is 54.9 Å². The Morgan fingerprint density at radius 3 is 2.34 bits per heavy atom. The van der Waals surface area contributed by atoms with Crippen molar-refractivity contribution in [2.45, 2.75) is 72.1 Å². The largest absolute Gasteiger partial charge is 0.415 e. The number of nitrogens with one attached hydrogen (secondary N) is 1. The van der Waals surface area contributed by atoms with Gasteiger partial charge in [0.05, 0.1) is 23.6 Å². The number of hydrogen-bond acceptors (Lipinski definition) is 4. The molecule has 2 heterocycles. The fourth-order valence-electron chi connectivity index (χ4n) is 4.64. The lowest BCUT2D eigenvalue weighted by Gasteiger charge is -2.36. The Balaban J connectivity index is 1.85. The molecule has 1 N–H and O–H groups in total. The Morgan fingerprint density at radius 2 is 1.71 bits per heavy atom. The van der Waals surface area contributed by atoms with E-state index in [-0.39, 0.29) is 16.2 Å². The molecule has 3 aromatic rings. The van der Waals surface area contributed by atoms with E-state index >= 15 is 0 Å². The first kappa shape index (κ1) is 25.4. The van der Waals surface area contributed by atoms with Crippen LogP contribution in [-0.4, -0.2) is 30.3 Å². The monoisotopic (exact) mass is 489 g/mol. The Hall–Kier alpha value is -2.70. The molecular weight excluding hydrogens is 450 g/mol. The summed E-state index contributed by atoms with van der Waals surface area (Å²) in [6.07, 6.45) is 5.03. The van der Waals surface area contributed by atoms with Gasteiger partial charge in [-0.05, 0) is 54.2 Å². The van der Waals surface area contributed by atoms with E-state index < -0.39 is 8.32 Å². The number of rotatable bonds is 7. The number of hydrogen-bond donors (Lipinski definition) is 1. The van der Waals surface area contributed by atoms with Crippen molar-refractivity contribution in [1.29, 1.82) is 0 Å². The zero-order chi connectivity index (χ0) is 25.4. The van der Waals surface area contributed by atoms with E-state index in [2.05, 4.69) is 62.6 Å². The van der Waals surface area contributed by atoms with Crippen molar-refractivity contribution in [2.24, 2.45) is 5.41 Å². The highest BCUT2D eigenvalue weighted by Gasteiger charge is 2.39. The van der Waals surface area contributed by atoms with E-state index in [0.29, 0.717) is 19.6 Å². The number of fused-ring (bicyclic) bond motifs is 1. The molecule has 0 saturated carbocycles. The van der Waals surface area contributed by atoms with Crippen LogP contribution in [0.25, 0.3) is 11.3 Å². The minimum absolute atomic E-state index is 0.0833. The van der Waals surface area contributed by atoms with Gasteiger partial charge in [0.1, 0.15) is 0 Å². The van der Waals surface area contributed by atoms with Crippen LogP contribution < -0.4 is 5.32 Å². The van der Waals surface area contributed by atoms with E-state index in [0.717, 1.165) is 40.3 Å². The molecule has 0 atom stereocenters. The van der Waals surface area contributed by atoms with Gasteiger partial charge in [0.2, 0.25) is 0 Å². The topological polar surface area (TPSA) is 56.2 Å². The second-order valence-electron chi connectivity index (χ2n) is 12.0. The van der Waals surface area contributed by atoms with Crippen LogP contribution in [-0.2, 0) is 17.4 Å². The summed E-state index contributed by atoms with van der Waals surface area (Å²) in [4.78, 5) is 17.8. The van der Waals surface area contributed by atoms with Crippen molar-refractivity contribution in [1.82, 2.24) is 9.55 Å². The number of carbonyl (C=O) groups excluding carboxylic acids is 1. The molecule has 4 rings (SSSR count). The Kier molecular flexibility index (Phi) is 6.82.